The van der Waals surface area contributed by atoms with Gasteiger partial charge < -0.3 is 20.1 Å². The highest BCUT2D eigenvalue weighted by molar-refractivity contribution is 5.94. The highest BCUT2D eigenvalue weighted by Crippen LogP contribution is 2.12. The topological polar surface area (TPSA) is 96.7 Å². The summed E-state index contributed by atoms with van der Waals surface area (Å²) < 4.78 is 6.62. The summed E-state index contributed by atoms with van der Waals surface area (Å²) in [6.07, 6.45) is 2.79. The average Bonchev–Trinajstić information content (AvgIpc) is 2.88. The summed E-state index contributed by atoms with van der Waals surface area (Å²) in [5.74, 6) is -0.262. The van der Waals surface area contributed by atoms with Crippen LogP contribution in [0.15, 0.2) is 12.3 Å². The van der Waals surface area contributed by atoms with Gasteiger partial charge in [-0.25, -0.2) is 0 Å². The summed E-state index contributed by atoms with van der Waals surface area (Å²) in [4.78, 5) is 25.3. The number of hydrogen-bond donors (Lipinski definition) is 2. The van der Waals surface area contributed by atoms with Crippen LogP contribution in [0.25, 0.3) is 0 Å². The quantitative estimate of drug-likeness (QED) is 0.761. The van der Waals surface area contributed by atoms with Gasteiger partial charge in [0, 0.05) is 25.9 Å². The fourth-order valence-electron chi connectivity index (χ4n) is 2.34. The van der Waals surface area contributed by atoms with Gasteiger partial charge in [0.1, 0.15) is 6.10 Å². The molecule has 0 radical (unpaired) electrons. The number of likely N-dealkylation sites (tertiary alicyclic amines) is 1. The monoisotopic (exact) mass is 310 g/mol. The fourth-order valence-corrected chi connectivity index (χ4v) is 2.34. The Kier molecular flexibility index (Phi) is 5.91. The Bertz CT molecular complexity index is 517. The molecule has 2 rings (SSSR count). The Morgan fingerprint density at radius 1 is 1.55 bits per heavy atom. The van der Waals surface area contributed by atoms with Crippen molar-refractivity contribution in [2.24, 2.45) is 0 Å². The molecule has 0 spiro atoms. The van der Waals surface area contributed by atoms with E-state index in [1.807, 2.05) is 0 Å². The molecule has 1 aliphatic heterocycles. The van der Waals surface area contributed by atoms with Crippen molar-refractivity contribution in [2.75, 3.05) is 32.1 Å². The first kappa shape index (κ1) is 16.4. The van der Waals surface area contributed by atoms with Crippen LogP contribution in [0.3, 0.4) is 0 Å². The Hall–Kier alpha value is -1.93. The van der Waals surface area contributed by atoms with Crippen molar-refractivity contribution < 1.29 is 19.4 Å². The third kappa shape index (κ3) is 4.54. The largest absolute Gasteiger partial charge is 0.383 e. The van der Waals surface area contributed by atoms with Gasteiger partial charge in [-0.15, -0.1) is 0 Å². The summed E-state index contributed by atoms with van der Waals surface area (Å²) in [6, 6.07) is 1.69. The number of carbonyl (C=O) groups is 2. The van der Waals surface area contributed by atoms with Gasteiger partial charge in [-0.1, -0.05) is 0 Å². The molecule has 1 atom stereocenters. The van der Waals surface area contributed by atoms with Crippen LogP contribution in [0.1, 0.15) is 19.3 Å². The number of ether oxygens (including phenoxy) is 1. The van der Waals surface area contributed by atoms with Crippen LogP contribution in [0.5, 0.6) is 0 Å². The van der Waals surface area contributed by atoms with E-state index in [1.54, 1.807) is 24.1 Å². The molecule has 1 saturated heterocycles. The van der Waals surface area contributed by atoms with Gasteiger partial charge in [0.15, 0.2) is 5.82 Å². The van der Waals surface area contributed by atoms with Gasteiger partial charge in [-0.3, -0.25) is 14.3 Å². The van der Waals surface area contributed by atoms with Gasteiger partial charge >= 0.3 is 0 Å². The number of amides is 2. The number of aliphatic hydroxyl groups is 1. The van der Waals surface area contributed by atoms with Gasteiger partial charge in [0.25, 0.3) is 5.91 Å². The molecular weight excluding hydrogens is 288 g/mol. The molecule has 0 aromatic carbocycles. The normalized spacial score (nSPS) is 19.1. The Morgan fingerprint density at radius 3 is 3.14 bits per heavy atom. The van der Waals surface area contributed by atoms with Gasteiger partial charge in [0.2, 0.25) is 5.91 Å². The molecule has 1 aromatic heterocycles. The van der Waals surface area contributed by atoms with Gasteiger partial charge in [0.05, 0.1) is 19.7 Å². The van der Waals surface area contributed by atoms with Crippen molar-refractivity contribution >= 4 is 17.6 Å². The second kappa shape index (κ2) is 7.90. The van der Waals surface area contributed by atoms with Crippen molar-refractivity contribution in [1.29, 1.82) is 0 Å². The summed E-state index contributed by atoms with van der Waals surface area (Å²) >= 11 is 0. The number of anilines is 1. The molecule has 1 aliphatic rings. The van der Waals surface area contributed by atoms with E-state index < -0.39 is 6.10 Å². The van der Waals surface area contributed by atoms with E-state index in [0.717, 1.165) is 12.8 Å². The molecular formula is C14H22N4O4. The zero-order valence-electron chi connectivity index (χ0n) is 12.7. The summed E-state index contributed by atoms with van der Waals surface area (Å²) in [7, 11) is 1.61. The molecule has 8 nitrogen and oxygen atoms in total. The van der Waals surface area contributed by atoms with E-state index >= 15 is 0 Å². The lowest BCUT2D eigenvalue weighted by molar-refractivity contribution is -0.141. The first-order valence-corrected chi connectivity index (χ1v) is 7.39. The van der Waals surface area contributed by atoms with Crippen LogP contribution >= 0.6 is 0 Å². The smallest absolute Gasteiger partial charge is 0.251 e. The third-order valence-corrected chi connectivity index (χ3v) is 3.52. The highest BCUT2D eigenvalue weighted by atomic mass is 16.5. The van der Waals surface area contributed by atoms with Crippen LogP contribution < -0.4 is 5.32 Å². The number of carbonyl (C=O) groups excluding carboxylic acids is 2. The standard InChI is InChI=1S/C14H22N4O4/c1-22-9-8-18-7-5-12(16-18)15-13(20)10-17-6-3-2-4-11(19)14(17)21/h5,7,11,19H,2-4,6,8-10H2,1H3,(H,15,16,20). The molecule has 2 heterocycles. The van der Waals surface area contributed by atoms with Crippen molar-refractivity contribution in [2.45, 2.75) is 31.9 Å². The highest BCUT2D eigenvalue weighted by Gasteiger charge is 2.26. The Labute approximate surface area is 129 Å². The van der Waals surface area contributed by atoms with Crippen molar-refractivity contribution in [1.82, 2.24) is 14.7 Å². The number of aliphatic hydroxyl groups excluding tert-OH is 1. The number of nitrogens with zero attached hydrogens (tertiary/aromatic N) is 3. The minimum atomic E-state index is -0.997. The predicted molar refractivity (Wildman–Crippen MR) is 79.2 cm³/mol. The van der Waals surface area contributed by atoms with Crippen LogP contribution in [-0.2, 0) is 20.9 Å². The number of aromatic nitrogens is 2. The lowest BCUT2D eigenvalue weighted by Gasteiger charge is -2.21. The van der Waals surface area contributed by atoms with E-state index in [4.69, 9.17) is 4.74 Å². The average molecular weight is 310 g/mol. The predicted octanol–water partition coefficient (Wildman–Crippen LogP) is -0.159. The first-order valence-electron chi connectivity index (χ1n) is 7.39. The minimum absolute atomic E-state index is 0.0686. The molecule has 0 aliphatic carbocycles. The van der Waals surface area contributed by atoms with E-state index in [9.17, 15) is 14.7 Å². The molecule has 1 unspecified atom stereocenters. The molecule has 122 valence electrons. The number of methoxy groups -OCH3 is 1. The second-order valence-corrected chi connectivity index (χ2v) is 5.28. The van der Waals surface area contributed by atoms with E-state index in [1.165, 1.54) is 4.90 Å². The second-order valence-electron chi connectivity index (χ2n) is 5.28. The molecule has 2 N–H and O–H groups in total. The molecule has 1 fully saturated rings. The summed E-state index contributed by atoms with van der Waals surface area (Å²) in [5.41, 5.74) is 0. The molecule has 0 bridgehead atoms. The maximum Gasteiger partial charge on any atom is 0.251 e. The van der Waals surface area contributed by atoms with Gasteiger partial charge in [-0.05, 0) is 19.3 Å². The summed E-state index contributed by atoms with van der Waals surface area (Å²) in [5, 5.41) is 16.5. The lowest BCUT2D eigenvalue weighted by Crippen LogP contribution is -2.42. The van der Waals surface area contributed by atoms with Gasteiger partial charge in [-0.2, -0.15) is 5.10 Å². The third-order valence-electron chi connectivity index (χ3n) is 3.52. The molecule has 1 aromatic rings. The zero-order valence-corrected chi connectivity index (χ0v) is 12.7. The van der Waals surface area contributed by atoms with E-state index in [0.29, 0.717) is 31.9 Å². The summed E-state index contributed by atoms with van der Waals surface area (Å²) in [6.45, 7) is 1.56. The molecule has 0 saturated carbocycles. The molecule has 2 amide bonds. The maximum atomic E-state index is 12.0. The van der Waals surface area contributed by atoms with Crippen LogP contribution in [0.2, 0.25) is 0 Å². The van der Waals surface area contributed by atoms with Crippen LogP contribution in [0, 0.1) is 0 Å². The number of hydrogen-bond acceptors (Lipinski definition) is 5. The Balaban J connectivity index is 1.86. The van der Waals surface area contributed by atoms with E-state index in [2.05, 4.69) is 10.4 Å². The maximum absolute atomic E-state index is 12.0. The number of nitrogens with one attached hydrogen (secondary N) is 1. The van der Waals surface area contributed by atoms with Crippen molar-refractivity contribution in [3.05, 3.63) is 12.3 Å². The van der Waals surface area contributed by atoms with Crippen LogP contribution in [-0.4, -0.2) is 64.5 Å². The molecule has 8 heteroatoms. The fraction of sp³-hybridized carbons (Fsp3) is 0.643. The minimum Gasteiger partial charge on any atom is -0.383 e. The SMILES string of the molecule is COCCn1ccc(NC(=O)CN2CCCCC(O)C2=O)n1. The van der Waals surface area contributed by atoms with Crippen molar-refractivity contribution in [3.8, 4) is 0 Å². The van der Waals surface area contributed by atoms with E-state index in [-0.39, 0.29) is 18.4 Å². The first-order chi connectivity index (χ1) is 10.6. The lowest BCUT2D eigenvalue weighted by atomic mass is 10.2. The van der Waals surface area contributed by atoms with Crippen molar-refractivity contribution in [3.63, 3.8) is 0 Å². The van der Waals surface area contributed by atoms with Crippen LogP contribution in [0.4, 0.5) is 5.82 Å². The Morgan fingerprint density at radius 2 is 2.36 bits per heavy atom. The number of rotatable bonds is 6. The molecule has 22 heavy (non-hydrogen) atoms. The zero-order chi connectivity index (χ0) is 15.9.